The molecule has 1 aromatic heterocycles. The Labute approximate surface area is 128 Å². The summed E-state index contributed by atoms with van der Waals surface area (Å²) in [6, 6.07) is 0. The fourth-order valence-electron chi connectivity index (χ4n) is 2.07. The molecule has 2 rings (SSSR count). The van der Waals surface area contributed by atoms with Gasteiger partial charge in [0.05, 0.1) is 4.92 Å². The number of nitrogens with two attached hydrogens (primary N) is 1. The van der Waals surface area contributed by atoms with E-state index in [4.69, 9.17) is 5.14 Å². The number of nitro groups is 1. The Bertz CT molecular complexity index is 735. The lowest BCUT2D eigenvalue weighted by molar-refractivity contribution is -0.384. The molecule has 1 fully saturated rings. The molecule has 0 aliphatic carbocycles. The fraction of sp³-hybridized carbons (Fsp3) is 0.400. The smallest absolute Gasteiger partial charge is 0.290 e. The molecule has 114 valence electrons. The largest absolute Gasteiger partial charge is 0.316 e. The number of hydrogen-bond acceptors (Lipinski definition) is 6. The highest BCUT2D eigenvalue weighted by Crippen LogP contribution is 2.35. The summed E-state index contributed by atoms with van der Waals surface area (Å²) < 4.78 is 23.1. The van der Waals surface area contributed by atoms with E-state index in [0.29, 0.717) is 10.0 Å². The first-order valence-corrected chi connectivity index (χ1v) is 8.14. The number of pyridine rings is 1. The summed E-state index contributed by atoms with van der Waals surface area (Å²) >= 11 is 3.13. The van der Waals surface area contributed by atoms with E-state index in [9.17, 15) is 23.3 Å². The first-order valence-electron chi connectivity index (χ1n) is 5.74. The van der Waals surface area contributed by atoms with Gasteiger partial charge in [-0.15, -0.1) is 0 Å². The quantitative estimate of drug-likeness (QED) is 0.598. The summed E-state index contributed by atoms with van der Waals surface area (Å²) in [7, 11) is -3.90. The molecule has 0 bridgehead atoms. The Morgan fingerprint density at radius 2 is 2.19 bits per heavy atom. The van der Waals surface area contributed by atoms with Crippen LogP contribution in [0.2, 0.25) is 0 Å². The number of primary sulfonamides is 1. The van der Waals surface area contributed by atoms with E-state index in [-0.39, 0.29) is 24.5 Å². The lowest BCUT2D eigenvalue weighted by Gasteiger charge is -2.16. The summed E-state index contributed by atoms with van der Waals surface area (Å²) in [5.41, 5.74) is -0.0374. The third-order valence-electron chi connectivity index (χ3n) is 3.22. The van der Waals surface area contributed by atoms with E-state index < -0.39 is 26.1 Å². The van der Waals surface area contributed by atoms with Gasteiger partial charge in [0, 0.05) is 29.2 Å². The molecule has 1 aromatic rings. The van der Waals surface area contributed by atoms with Crippen LogP contribution in [0, 0.1) is 17.0 Å². The van der Waals surface area contributed by atoms with Gasteiger partial charge in [-0.05, 0) is 22.9 Å². The summed E-state index contributed by atoms with van der Waals surface area (Å²) in [6.45, 7) is 1.26. The van der Waals surface area contributed by atoms with Crippen molar-refractivity contribution in [3.05, 3.63) is 26.3 Å². The Balaban J connectivity index is 2.51. The second-order valence-electron chi connectivity index (χ2n) is 4.58. The van der Waals surface area contributed by atoms with Crippen LogP contribution in [0.5, 0.6) is 0 Å². The molecule has 1 amide bonds. The predicted octanol–water partition coefficient (Wildman–Crippen LogP) is 0.455. The Morgan fingerprint density at radius 3 is 2.67 bits per heavy atom. The first-order chi connectivity index (χ1) is 9.62. The van der Waals surface area contributed by atoms with E-state index in [1.807, 2.05) is 0 Å². The van der Waals surface area contributed by atoms with E-state index >= 15 is 0 Å². The highest BCUT2D eigenvalue weighted by Gasteiger charge is 2.40. The van der Waals surface area contributed by atoms with Gasteiger partial charge >= 0.3 is 5.69 Å². The van der Waals surface area contributed by atoms with Crippen molar-refractivity contribution in [1.29, 1.82) is 0 Å². The molecule has 2 heterocycles. The highest BCUT2D eigenvalue weighted by molar-refractivity contribution is 9.10. The third kappa shape index (κ3) is 2.89. The van der Waals surface area contributed by atoms with Crippen LogP contribution in [-0.2, 0) is 14.8 Å². The Morgan fingerprint density at radius 1 is 1.57 bits per heavy atom. The van der Waals surface area contributed by atoms with E-state index in [1.165, 1.54) is 13.1 Å². The monoisotopic (exact) mass is 378 g/mol. The van der Waals surface area contributed by atoms with Crippen LogP contribution in [0.4, 0.5) is 11.5 Å². The molecule has 1 aliphatic rings. The highest BCUT2D eigenvalue weighted by atomic mass is 79.9. The molecule has 1 saturated heterocycles. The standard InChI is InChI=1S/C10H11BrN4O5S/c1-5-7(11)3-13-10(9(5)15(17)18)14-4-6(2-8(14)16)21(12,19)20/h3,6H,2,4H2,1H3,(H2,12,19,20). The van der Waals surface area contributed by atoms with Gasteiger partial charge in [-0.3, -0.25) is 19.8 Å². The summed E-state index contributed by atoms with van der Waals surface area (Å²) in [4.78, 5) is 27.4. The van der Waals surface area contributed by atoms with E-state index in [0.717, 1.165) is 4.90 Å². The number of rotatable bonds is 3. The zero-order chi connectivity index (χ0) is 15.9. The van der Waals surface area contributed by atoms with Crippen LogP contribution in [0.25, 0.3) is 0 Å². The molecule has 2 N–H and O–H groups in total. The fourth-order valence-corrected chi connectivity index (χ4v) is 3.09. The van der Waals surface area contributed by atoms with Gasteiger partial charge in [0.2, 0.25) is 21.7 Å². The molecule has 21 heavy (non-hydrogen) atoms. The minimum atomic E-state index is -3.90. The van der Waals surface area contributed by atoms with Crippen LogP contribution in [-0.4, -0.2) is 36.0 Å². The average molecular weight is 379 g/mol. The number of hydrogen-bond donors (Lipinski definition) is 1. The molecule has 1 aliphatic heterocycles. The van der Waals surface area contributed by atoms with Crippen LogP contribution in [0.3, 0.4) is 0 Å². The zero-order valence-corrected chi connectivity index (χ0v) is 13.2. The van der Waals surface area contributed by atoms with Crippen molar-refractivity contribution in [3.8, 4) is 0 Å². The Hall–Kier alpha value is -1.59. The van der Waals surface area contributed by atoms with Crippen LogP contribution in [0.15, 0.2) is 10.7 Å². The summed E-state index contributed by atoms with van der Waals surface area (Å²) in [5.74, 6) is -0.733. The van der Waals surface area contributed by atoms with Crippen molar-refractivity contribution in [2.24, 2.45) is 5.14 Å². The number of carbonyl (C=O) groups is 1. The number of aromatic nitrogens is 1. The minimum Gasteiger partial charge on any atom is -0.290 e. The van der Waals surface area contributed by atoms with Gasteiger partial charge in [-0.2, -0.15) is 0 Å². The second kappa shape index (κ2) is 5.31. The molecule has 1 unspecified atom stereocenters. The molecule has 0 saturated carbocycles. The molecule has 0 spiro atoms. The van der Waals surface area contributed by atoms with Gasteiger partial charge in [0.15, 0.2) is 0 Å². The maximum absolute atomic E-state index is 11.9. The number of nitrogens with zero attached hydrogens (tertiary/aromatic N) is 3. The molecule has 0 aromatic carbocycles. The average Bonchev–Trinajstić information content (AvgIpc) is 2.74. The van der Waals surface area contributed by atoms with Gasteiger partial charge in [0.25, 0.3) is 0 Å². The molecule has 0 radical (unpaired) electrons. The van der Waals surface area contributed by atoms with Gasteiger partial charge < -0.3 is 0 Å². The second-order valence-corrected chi connectivity index (χ2v) is 7.28. The van der Waals surface area contributed by atoms with Crippen LogP contribution >= 0.6 is 15.9 Å². The SMILES string of the molecule is Cc1c(Br)cnc(N2CC(S(N)(=O)=O)CC2=O)c1[N+](=O)[O-]. The molecule has 11 heteroatoms. The normalized spacial score (nSPS) is 19.1. The van der Waals surface area contributed by atoms with Crippen molar-refractivity contribution in [3.63, 3.8) is 0 Å². The van der Waals surface area contributed by atoms with Crippen LogP contribution < -0.4 is 10.0 Å². The molecule has 9 nitrogen and oxygen atoms in total. The third-order valence-corrected chi connectivity index (χ3v) is 5.26. The predicted molar refractivity (Wildman–Crippen MR) is 77.2 cm³/mol. The zero-order valence-electron chi connectivity index (χ0n) is 10.8. The number of sulfonamides is 1. The van der Waals surface area contributed by atoms with Crippen molar-refractivity contribution in [2.45, 2.75) is 18.6 Å². The lowest BCUT2D eigenvalue weighted by atomic mass is 10.2. The summed E-state index contributed by atoms with van der Waals surface area (Å²) in [6.07, 6.45) is 1.02. The summed E-state index contributed by atoms with van der Waals surface area (Å²) in [5, 5.41) is 15.1. The molecular formula is C10H11BrN4O5S. The Kier molecular flexibility index (Phi) is 4.00. The first kappa shape index (κ1) is 15.8. The number of anilines is 1. The van der Waals surface area contributed by atoms with E-state index in [2.05, 4.69) is 20.9 Å². The lowest BCUT2D eigenvalue weighted by Crippen LogP contribution is -2.32. The minimum absolute atomic E-state index is 0.170. The maximum Gasteiger partial charge on any atom is 0.316 e. The number of amides is 1. The molecular weight excluding hydrogens is 368 g/mol. The van der Waals surface area contributed by atoms with Crippen molar-refractivity contribution >= 4 is 43.4 Å². The number of carbonyl (C=O) groups excluding carboxylic acids is 1. The van der Waals surface area contributed by atoms with Gasteiger partial charge in [0.1, 0.15) is 5.25 Å². The topological polar surface area (TPSA) is 137 Å². The van der Waals surface area contributed by atoms with Crippen molar-refractivity contribution in [2.75, 3.05) is 11.4 Å². The van der Waals surface area contributed by atoms with Crippen LogP contribution in [0.1, 0.15) is 12.0 Å². The van der Waals surface area contributed by atoms with E-state index in [1.54, 1.807) is 0 Å². The maximum atomic E-state index is 11.9. The van der Waals surface area contributed by atoms with Crippen molar-refractivity contribution < 1.29 is 18.1 Å². The molecule has 1 atom stereocenters. The number of halogens is 1. The van der Waals surface area contributed by atoms with Crippen molar-refractivity contribution in [1.82, 2.24) is 4.98 Å². The van der Waals surface area contributed by atoms with Gasteiger partial charge in [-0.1, -0.05) is 0 Å². The van der Waals surface area contributed by atoms with Gasteiger partial charge in [-0.25, -0.2) is 18.5 Å².